The van der Waals surface area contributed by atoms with Gasteiger partial charge in [0.05, 0.1) is 29.3 Å². The number of guanidine groups is 1. The largest absolute Gasteiger partial charge is 0.373 e. The number of ether oxygens (including phenoxy) is 1. The third-order valence-corrected chi connectivity index (χ3v) is 4.83. The highest BCUT2D eigenvalue weighted by Gasteiger charge is 2.41. The number of benzene rings is 1. The average molecular weight is 327 g/mol. The van der Waals surface area contributed by atoms with Crippen LogP contribution in [0.3, 0.4) is 0 Å². The maximum atomic E-state index is 5.91. The lowest BCUT2D eigenvalue weighted by atomic mass is 9.96. The summed E-state index contributed by atoms with van der Waals surface area (Å²) >= 11 is 0. The summed E-state index contributed by atoms with van der Waals surface area (Å²) in [6.07, 6.45) is 5.08. The molecule has 2 aromatic rings. The van der Waals surface area contributed by atoms with Gasteiger partial charge in [-0.3, -0.25) is 4.99 Å². The molecule has 1 aromatic heterocycles. The molecule has 0 spiro atoms. The zero-order chi connectivity index (χ0) is 16.4. The van der Waals surface area contributed by atoms with Crippen LogP contribution in [0.2, 0.25) is 0 Å². The molecule has 3 atom stereocenters. The summed E-state index contributed by atoms with van der Waals surface area (Å²) in [6.45, 7) is 3.66. The Balaban J connectivity index is 1.36. The summed E-state index contributed by atoms with van der Waals surface area (Å²) in [4.78, 5) is 12.7. The number of aromatic amines is 1. The second-order valence-corrected chi connectivity index (χ2v) is 6.57. The molecular formula is C18H25N5O. The Morgan fingerprint density at radius 2 is 2.29 bits per heavy atom. The third kappa shape index (κ3) is 3.24. The summed E-state index contributed by atoms with van der Waals surface area (Å²) in [5.41, 5.74) is 2.10. The highest BCUT2D eigenvalue weighted by molar-refractivity contribution is 5.80. The van der Waals surface area contributed by atoms with E-state index in [1.807, 2.05) is 18.2 Å². The Bertz CT molecular complexity index is 692. The number of aromatic nitrogens is 2. The van der Waals surface area contributed by atoms with Gasteiger partial charge in [0.25, 0.3) is 0 Å². The number of rotatable bonds is 5. The topological polar surface area (TPSA) is 74.3 Å². The fourth-order valence-electron chi connectivity index (χ4n) is 3.68. The van der Waals surface area contributed by atoms with E-state index in [0.717, 1.165) is 42.2 Å². The Morgan fingerprint density at radius 1 is 1.38 bits per heavy atom. The Hall–Kier alpha value is -2.08. The van der Waals surface area contributed by atoms with Crippen LogP contribution in [0.4, 0.5) is 0 Å². The van der Waals surface area contributed by atoms with Gasteiger partial charge in [-0.25, -0.2) is 4.98 Å². The fourth-order valence-corrected chi connectivity index (χ4v) is 3.68. The lowest BCUT2D eigenvalue weighted by molar-refractivity contribution is 0.0992. The molecule has 0 aliphatic carbocycles. The zero-order valence-corrected chi connectivity index (χ0v) is 14.1. The van der Waals surface area contributed by atoms with Gasteiger partial charge in [-0.05, 0) is 38.3 Å². The van der Waals surface area contributed by atoms with Gasteiger partial charge in [0.2, 0.25) is 0 Å². The minimum Gasteiger partial charge on any atom is -0.373 e. The van der Waals surface area contributed by atoms with Gasteiger partial charge in [-0.2, -0.15) is 0 Å². The quantitative estimate of drug-likeness (QED) is 0.580. The minimum absolute atomic E-state index is 0.356. The molecule has 2 bridgehead atoms. The Kier molecular flexibility index (Phi) is 4.38. The van der Waals surface area contributed by atoms with Gasteiger partial charge in [0, 0.05) is 19.5 Å². The molecule has 1 aromatic carbocycles. The molecule has 2 aliphatic heterocycles. The molecule has 2 saturated heterocycles. The monoisotopic (exact) mass is 327 g/mol. The van der Waals surface area contributed by atoms with E-state index < -0.39 is 0 Å². The van der Waals surface area contributed by atoms with Gasteiger partial charge in [-0.1, -0.05) is 12.1 Å². The molecule has 3 heterocycles. The highest BCUT2D eigenvalue weighted by Crippen LogP contribution is 2.34. The molecule has 6 nitrogen and oxygen atoms in total. The van der Waals surface area contributed by atoms with Crippen LogP contribution in [0.15, 0.2) is 29.3 Å². The van der Waals surface area contributed by atoms with Crippen molar-refractivity contribution in [3.8, 4) is 0 Å². The van der Waals surface area contributed by atoms with E-state index in [4.69, 9.17) is 9.73 Å². The third-order valence-electron chi connectivity index (χ3n) is 4.83. The number of hydrogen-bond acceptors (Lipinski definition) is 3. The zero-order valence-electron chi connectivity index (χ0n) is 14.1. The van der Waals surface area contributed by atoms with Crippen molar-refractivity contribution in [3.63, 3.8) is 0 Å². The van der Waals surface area contributed by atoms with Gasteiger partial charge in [0.1, 0.15) is 5.82 Å². The molecule has 0 radical (unpaired) electrons. The Morgan fingerprint density at radius 3 is 3.04 bits per heavy atom. The summed E-state index contributed by atoms with van der Waals surface area (Å²) in [6, 6.07) is 8.51. The molecule has 3 N–H and O–H groups in total. The number of H-pyrrole nitrogens is 1. The number of nitrogens with zero attached hydrogens (tertiary/aromatic N) is 2. The van der Waals surface area contributed by atoms with E-state index in [-0.39, 0.29) is 0 Å². The number of para-hydroxylation sites is 2. The highest BCUT2D eigenvalue weighted by atomic mass is 16.5. The first-order valence-electron chi connectivity index (χ1n) is 8.96. The van der Waals surface area contributed by atoms with Crippen LogP contribution in [-0.2, 0) is 11.2 Å². The van der Waals surface area contributed by atoms with Gasteiger partial charge in [-0.15, -0.1) is 0 Å². The molecular weight excluding hydrogens is 302 g/mol. The molecule has 4 rings (SSSR count). The van der Waals surface area contributed by atoms with E-state index in [9.17, 15) is 0 Å². The molecule has 0 saturated carbocycles. The number of aliphatic imine (C=N–C) groups is 1. The molecule has 2 fully saturated rings. The lowest BCUT2D eigenvalue weighted by Gasteiger charge is -2.22. The van der Waals surface area contributed by atoms with E-state index in [2.05, 4.69) is 33.6 Å². The van der Waals surface area contributed by atoms with Crippen LogP contribution in [0.5, 0.6) is 0 Å². The predicted octanol–water partition coefficient (Wildman–Crippen LogP) is 1.98. The van der Waals surface area contributed by atoms with Crippen molar-refractivity contribution in [1.82, 2.24) is 20.6 Å². The molecule has 2 aliphatic rings. The number of imidazole rings is 1. The van der Waals surface area contributed by atoms with Gasteiger partial charge >= 0.3 is 0 Å². The van der Waals surface area contributed by atoms with Crippen LogP contribution >= 0.6 is 0 Å². The first-order valence-corrected chi connectivity index (χ1v) is 8.96. The second-order valence-electron chi connectivity index (χ2n) is 6.57. The van der Waals surface area contributed by atoms with Crippen molar-refractivity contribution < 1.29 is 4.74 Å². The standard InChI is InChI=1S/C18H25N5O/c1-2-19-18(23-15-11-12-7-8-16(15)24-12)20-10-9-17-21-13-5-3-4-6-14(13)22-17/h3-6,12,15-16H,2,7-11H2,1H3,(H,21,22)(H2,19,20,23). The van der Waals surface area contributed by atoms with E-state index in [1.165, 1.54) is 12.8 Å². The van der Waals surface area contributed by atoms with Gasteiger partial charge in [0.15, 0.2) is 5.96 Å². The van der Waals surface area contributed by atoms with E-state index >= 15 is 0 Å². The predicted molar refractivity (Wildman–Crippen MR) is 95.2 cm³/mol. The number of hydrogen-bond donors (Lipinski definition) is 3. The number of fused-ring (bicyclic) bond motifs is 3. The number of nitrogens with one attached hydrogen (secondary N) is 3. The van der Waals surface area contributed by atoms with Crippen LogP contribution in [-0.4, -0.2) is 47.3 Å². The van der Waals surface area contributed by atoms with Gasteiger partial charge < -0.3 is 20.4 Å². The van der Waals surface area contributed by atoms with Crippen LogP contribution in [0.1, 0.15) is 32.0 Å². The maximum Gasteiger partial charge on any atom is 0.191 e. The summed E-state index contributed by atoms with van der Waals surface area (Å²) < 4.78 is 5.91. The van der Waals surface area contributed by atoms with E-state index in [0.29, 0.717) is 24.8 Å². The summed E-state index contributed by atoms with van der Waals surface area (Å²) in [5.74, 6) is 1.87. The molecule has 0 amide bonds. The lowest BCUT2D eigenvalue weighted by Crippen LogP contribution is -2.47. The smallest absolute Gasteiger partial charge is 0.191 e. The molecule has 24 heavy (non-hydrogen) atoms. The van der Waals surface area contributed by atoms with Crippen LogP contribution in [0.25, 0.3) is 11.0 Å². The summed E-state index contributed by atoms with van der Waals surface area (Å²) in [7, 11) is 0. The first-order chi connectivity index (χ1) is 11.8. The maximum absolute atomic E-state index is 5.91. The SMILES string of the molecule is CCNC(=NCCc1nc2ccccc2[nH]1)NC1CC2CCC1O2. The second kappa shape index (κ2) is 6.81. The molecule has 128 valence electrons. The van der Waals surface area contributed by atoms with Crippen molar-refractivity contribution >= 4 is 17.0 Å². The normalized spacial score (nSPS) is 26.2. The van der Waals surface area contributed by atoms with E-state index in [1.54, 1.807) is 0 Å². The van der Waals surface area contributed by atoms with Crippen molar-refractivity contribution in [2.45, 2.75) is 50.9 Å². The molecule has 3 unspecified atom stereocenters. The van der Waals surface area contributed by atoms with Crippen LogP contribution in [0, 0.1) is 0 Å². The average Bonchev–Trinajstić information content (AvgIpc) is 3.29. The summed E-state index contributed by atoms with van der Waals surface area (Å²) in [5, 5.41) is 6.88. The molecule has 6 heteroatoms. The minimum atomic E-state index is 0.356. The fraction of sp³-hybridized carbons (Fsp3) is 0.556. The first kappa shape index (κ1) is 15.4. The van der Waals surface area contributed by atoms with Crippen molar-refractivity contribution in [2.24, 2.45) is 4.99 Å². The van der Waals surface area contributed by atoms with Crippen molar-refractivity contribution in [1.29, 1.82) is 0 Å². The Labute approximate surface area is 142 Å². The van der Waals surface area contributed by atoms with Crippen molar-refractivity contribution in [2.75, 3.05) is 13.1 Å². The van der Waals surface area contributed by atoms with Crippen LogP contribution < -0.4 is 10.6 Å². The van der Waals surface area contributed by atoms with Crippen molar-refractivity contribution in [3.05, 3.63) is 30.1 Å².